The Kier molecular flexibility index (Phi) is 4.32. The van der Waals surface area contributed by atoms with Crippen LogP contribution in [0.2, 0.25) is 0 Å². The Morgan fingerprint density at radius 2 is 1.71 bits per heavy atom. The van der Waals surface area contributed by atoms with Crippen LogP contribution in [0.15, 0.2) is 47.4 Å². The van der Waals surface area contributed by atoms with E-state index in [0.717, 1.165) is 11.6 Å². The molecule has 0 aliphatic carbocycles. The average Bonchev–Trinajstić information content (AvgIpc) is 2.43. The van der Waals surface area contributed by atoms with Crippen molar-refractivity contribution in [3.63, 3.8) is 0 Å². The number of hydrogen-bond acceptors (Lipinski definition) is 3. The molecule has 3 nitrogen and oxygen atoms in total. The first-order valence-electron chi connectivity index (χ1n) is 6.66. The molecule has 0 spiro atoms. The number of rotatable bonds is 4. The van der Waals surface area contributed by atoms with Crippen LogP contribution in [-0.4, -0.2) is 8.42 Å². The van der Waals surface area contributed by atoms with E-state index >= 15 is 0 Å². The first-order chi connectivity index (χ1) is 9.79. The quantitative estimate of drug-likeness (QED) is 0.879. The van der Waals surface area contributed by atoms with Crippen LogP contribution < -0.4 is 5.73 Å². The molecule has 0 saturated heterocycles. The third-order valence-electron chi connectivity index (χ3n) is 3.36. The Bertz CT molecular complexity index is 737. The molecule has 0 atom stereocenters. The molecule has 0 aromatic heterocycles. The highest BCUT2D eigenvalue weighted by Crippen LogP contribution is 2.23. The van der Waals surface area contributed by atoms with Crippen LogP contribution >= 0.6 is 0 Å². The van der Waals surface area contributed by atoms with E-state index in [0.29, 0.717) is 5.92 Å². The SMILES string of the molecule is CC(C)c1ccc(S(=O)(=O)Cc2cc(F)ccc2N)cc1. The molecule has 5 heteroatoms. The topological polar surface area (TPSA) is 60.2 Å². The average molecular weight is 307 g/mol. The minimum absolute atomic E-state index is 0.218. The zero-order chi connectivity index (χ0) is 15.6. The summed E-state index contributed by atoms with van der Waals surface area (Å²) < 4.78 is 38.0. The Balaban J connectivity index is 2.31. The number of nitrogen functional groups attached to an aromatic ring is 1. The summed E-state index contributed by atoms with van der Waals surface area (Å²) in [4.78, 5) is 0.218. The van der Waals surface area contributed by atoms with Crippen molar-refractivity contribution >= 4 is 15.5 Å². The Labute approximate surface area is 124 Å². The lowest BCUT2D eigenvalue weighted by atomic mass is 10.0. The van der Waals surface area contributed by atoms with Gasteiger partial charge >= 0.3 is 0 Å². The molecule has 2 N–H and O–H groups in total. The van der Waals surface area contributed by atoms with Gasteiger partial charge in [0.1, 0.15) is 5.82 Å². The molecule has 21 heavy (non-hydrogen) atoms. The maximum Gasteiger partial charge on any atom is 0.182 e. The molecule has 0 saturated carbocycles. The van der Waals surface area contributed by atoms with Crippen LogP contribution in [0.3, 0.4) is 0 Å². The first kappa shape index (κ1) is 15.5. The molecule has 2 rings (SSSR count). The van der Waals surface area contributed by atoms with Crippen molar-refractivity contribution in [2.75, 3.05) is 5.73 Å². The summed E-state index contributed by atoms with van der Waals surface area (Å²) in [6.45, 7) is 4.08. The van der Waals surface area contributed by atoms with E-state index in [1.54, 1.807) is 24.3 Å². The van der Waals surface area contributed by atoms with Gasteiger partial charge in [0.2, 0.25) is 0 Å². The first-order valence-corrected chi connectivity index (χ1v) is 8.31. The molecular formula is C16H18FNO2S. The summed E-state index contributed by atoms with van der Waals surface area (Å²) in [5.41, 5.74) is 7.33. The van der Waals surface area contributed by atoms with Gasteiger partial charge in [-0.15, -0.1) is 0 Å². The van der Waals surface area contributed by atoms with Crippen LogP contribution in [0.25, 0.3) is 0 Å². The molecule has 0 radical (unpaired) electrons. The van der Waals surface area contributed by atoms with Gasteiger partial charge in [0, 0.05) is 5.69 Å². The number of halogens is 1. The van der Waals surface area contributed by atoms with Crippen LogP contribution in [0.4, 0.5) is 10.1 Å². The number of anilines is 1. The predicted molar refractivity (Wildman–Crippen MR) is 82.2 cm³/mol. The van der Waals surface area contributed by atoms with Crippen LogP contribution in [0, 0.1) is 5.82 Å². The molecule has 0 amide bonds. The van der Waals surface area contributed by atoms with Gasteiger partial charge in [-0.05, 0) is 47.4 Å². The van der Waals surface area contributed by atoms with Crippen molar-refractivity contribution in [1.29, 1.82) is 0 Å². The summed E-state index contributed by atoms with van der Waals surface area (Å²) in [6, 6.07) is 10.5. The van der Waals surface area contributed by atoms with Gasteiger partial charge in [0.05, 0.1) is 10.6 Å². The second kappa shape index (κ2) is 5.85. The minimum atomic E-state index is -3.54. The Morgan fingerprint density at radius 1 is 1.10 bits per heavy atom. The van der Waals surface area contributed by atoms with E-state index in [-0.39, 0.29) is 21.9 Å². The standard InChI is InChI=1S/C16H18FNO2S/c1-11(2)12-3-6-15(7-4-12)21(19,20)10-13-9-14(17)5-8-16(13)18/h3-9,11H,10,18H2,1-2H3. The zero-order valence-electron chi connectivity index (χ0n) is 12.0. The van der Waals surface area contributed by atoms with Crippen molar-refractivity contribution < 1.29 is 12.8 Å². The van der Waals surface area contributed by atoms with Crippen LogP contribution in [0.5, 0.6) is 0 Å². The molecule has 0 heterocycles. The van der Waals surface area contributed by atoms with Gasteiger partial charge in [-0.2, -0.15) is 0 Å². The molecule has 2 aromatic carbocycles. The fourth-order valence-corrected chi connectivity index (χ4v) is 3.42. The van der Waals surface area contributed by atoms with E-state index in [9.17, 15) is 12.8 Å². The zero-order valence-corrected chi connectivity index (χ0v) is 12.8. The molecule has 0 aliphatic rings. The van der Waals surface area contributed by atoms with Gasteiger partial charge < -0.3 is 5.73 Å². The lowest BCUT2D eigenvalue weighted by Crippen LogP contribution is -2.07. The second-order valence-corrected chi connectivity index (χ2v) is 7.32. The van der Waals surface area contributed by atoms with Gasteiger partial charge in [-0.25, -0.2) is 12.8 Å². The number of nitrogens with two attached hydrogens (primary N) is 1. The summed E-state index contributed by atoms with van der Waals surface area (Å²) in [7, 11) is -3.54. The van der Waals surface area contributed by atoms with Crippen molar-refractivity contribution in [3.8, 4) is 0 Å². The minimum Gasteiger partial charge on any atom is -0.398 e. The Hall–Kier alpha value is -1.88. The third kappa shape index (κ3) is 3.61. The molecule has 0 bridgehead atoms. The van der Waals surface area contributed by atoms with Gasteiger partial charge in [0.25, 0.3) is 0 Å². The van der Waals surface area contributed by atoms with Crippen molar-refractivity contribution in [2.45, 2.75) is 30.4 Å². The summed E-state index contributed by atoms with van der Waals surface area (Å²) >= 11 is 0. The number of benzene rings is 2. The van der Waals surface area contributed by atoms with Crippen molar-refractivity contribution in [1.82, 2.24) is 0 Å². The third-order valence-corrected chi connectivity index (χ3v) is 5.04. The summed E-state index contributed by atoms with van der Waals surface area (Å²) in [5.74, 6) is -0.470. The van der Waals surface area contributed by atoms with E-state index in [2.05, 4.69) is 0 Å². The lowest BCUT2D eigenvalue weighted by molar-refractivity contribution is 0.594. The predicted octanol–water partition coefficient (Wildman–Crippen LogP) is 3.51. The smallest absolute Gasteiger partial charge is 0.182 e. The largest absolute Gasteiger partial charge is 0.398 e. The van der Waals surface area contributed by atoms with E-state index < -0.39 is 15.7 Å². The maximum absolute atomic E-state index is 13.2. The van der Waals surface area contributed by atoms with Gasteiger partial charge in [0.15, 0.2) is 9.84 Å². The monoisotopic (exact) mass is 307 g/mol. The Morgan fingerprint density at radius 3 is 2.29 bits per heavy atom. The van der Waals surface area contributed by atoms with E-state index in [1.807, 2.05) is 13.8 Å². The fraction of sp³-hybridized carbons (Fsp3) is 0.250. The van der Waals surface area contributed by atoms with Crippen molar-refractivity contribution in [3.05, 3.63) is 59.4 Å². The van der Waals surface area contributed by atoms with Gasteiger partial charge in [-0.3, -0.25) is 0 Å². The normalized spacial score (nSPS) is 11.8. The van der Waals surface area contributed by atoms with Gasteiger partial charge in [-0.1, -0.05) is 26.0 Å². The fourth-order valence-electron chi connectivity index (χ4n) is 2.05. The number of hydrogen-bond donors (Lipinski definition) is 1. The maximum atomic E-state index is 13.2. The van der Waals surface area contributed by atoms with Crippen LogP contribution in [-0.2, 0) is 15.6 Å². The van der Waals surface area contributed by atoms with Crippen LogP contribution in [0.1, 0.15) is 30.9 Å². The lowest BCUT2D eigenvalue weighted by Gasteiger charge is -2.09. The molecule has 0 aliphatic heterocycles. The van der Waals surface area contributed by atoms with E-state index in [4.69, 9.17) is 5.73 Å². The highest BCUT2D eigenvalue weighted by atomic mass is 32.2. The van der Waals surface area contributed by atoms with E-state index in [1.165, 1.54) is 12.1 Å². The molecule has 0 fully saturated rings. The highest BCUT2D eigenvalue weighted by Gasteiger charge is 2.17. The summed E-state index contributed by atoms with van der Waals surface area (Å²) in [5, 5.41) is 0. The highest BCUT2D eigenvalue weighted by molar-refractivity contribution is 7.90. The second-order valence-electron chi connectivity index (χ2n) is 5.33. The molecule has 112 valence electrons. The molecule has 0 unspecified atom stereocenters. The summed E-state index contributed by atoms with van der Waals surface area (Å²) in [6.07, 6.45) is 0. The molecular weight excluding hydrogens is 289 g/mol. The number of sulfone groups is 1. The molecule has 2 aromatic rings. The van der Waals surface area contributed by atoms with Crippen molar-refractivity contribution in [2.24, 2.45) is 0 Å².